The summed E-state index contributed by atoms with van der Waals surface area (Å²) in [6.07, 6.45) is 6.45. The number of nitrogens with zero attached hydrogens (tertiary/aromatic N) is 6. The predicted octanol–water partition coefficient (Wildman–Crippen LogP) is 3.15. The summed E-state index contributed by atoms with van der Waals surface area (Å²) in [5.74, 6) is 0.478. The van der Waals surface area contributed by atoms with Crippen molar-refractivity contribution in [2.24, 2.45) is 21.5 Å². The number of benzene rings is 2. The molecule has 3 heterocycles. The third-order valence-corrected chi connectivity index (χ3v) is 6.59. The second-order valence-electron chi connectivity index (χ2n) is 8.85. The van der Waals surface area contributed by atoms with Gasteiger partial charge in [-0.05, 0) is 43.9 Å². The Balaban J connectivity index is 1.39. The van der Waals surface area contributed by atoms with Crippen molar-refractivity contribution in [1.82, 2.24) is 15.0 Å². The number of guanidine groups is 2. The largest absolute Gasteiger partial charge is 0.421 e. The molecule has 1 fully saturated rings. The normalized spacial score (nSPS) is 17.4. The maximum atomic E-state index is 12.9. The van der Waals surface area contributed by atoms with Crippen LogP contribution in [0.2, 0.25) is 0 Å². The van der Waals surface area contributed by atoms with Gasteiger partial charge in [0.15, 0.2) is 5.69 Å². The highest BCUT2D eigenvalue weighted by Crippen LogP contribution is 2.40. The van der Waals surface area contributed by atoms with Crippen LogP contribution in [0.3, 0.4) is 0 Å². The van der Waals surface area contributed by atoms with Crippen LogP contribution in [-0.4, -0.2) is 32.6 Å². The van der Waals surface area contributed by atoms with Crippen LogP contribution in [0.5, 0.6) is 0 Å². The summed E-state index contributed by atoms with van der Waals surface area (Å²) in [6, 6.07) is 17.0. The number of anilines is 1. The lowest BCUT2D eigenvalue weighted by Crippen LogP contribution is -2.58. The van der Waals surface area contributed by atoms with Crippen molar-refractivity contribution in [1.29, 1.82) is 0 Å². The van der Waals surface area contributed by atoms with Crippen LogP contribution in [0.25, 0.3) is 27.9 Å². The number of aliphatic imine (C=N–C) groups is 2. The van der Waals surface area contributed by atoms with Crippen molar-refractivity contribution in [2.75, 3.05) is 4.90 Å². The Kier molecular flexibility index (Phi) is 4.87. The van der Waals surface area contributed by atoms with E-state index in [1.54, 1.807) is 18.3 Å². The zero-order valence-electron chi connectivity index (χ0n) is 19.0. The van der Waals surface area contributed by atoms with Crippen molar-refractivity contribution < 1.29 is 4.42 Å². The van der Waals surface area contributed by atoms with Crippen LogP contribution < -0.4 is 22.0 Å². The topological polar surface area (TPSA) is 141 Å². The van der Waals surface area contributed by atoms with E-state index in [2.05, 4.69) is 15.2 Å². The van der Waals surface area contributed by atoms with Crippen molar-refractivity contribution in [3.05, 3.63) is 71.2 Å². The van der Waals surface area contributed by atoms with E-state index < -0.39 is 11.3 Å². The molecule has 0 amide bonds. The molecule has 0 saturated heterocycles. The van der Waals surface area contributed by atoms with Gasteiger partial charge in [-0.25, -0.2) is 9.79 Å². The summed E-state index contributed by atoms with van der Waals surface area (Å²) in [5, 5.41) is 9.47. The zero-order chi connectivity index (χ0) is 24.0. The Hall–Kier alpha value is -4.47. The van der Waals surface area contributed by atoms with Crippen molar-refractivity contribution in [3.8, 4) is 16.9 Å². The molecule has 10 heteroatoms. The summed E-state index contributed by atoms with van der Waals surface area (Å²) in [4.78, 5) is 25.0. The van der Waals surface area contributed by atoms with E-state index in [4.69, 9.17) is 20.9 Å². The molecule has 6 rings (SSSR count). The minimum atomic E-state index is -0.575. The molecule has 0 radical (unpaired) electrons. The number of hydrogen-bond donors (Lipinski definition) is 2. The number of aromatic nitrogens is 3. The van der Waals surface area contributed by atoms with E-state index in [-0.39, 0.29) is 17.6 Å². The minimum Gasteiger partial charge on any atom is -0.421 e. The first-order valence-corrected chi connectivity index (χ1v) is 11.6. The Labute approximate surface area is 200 Å². The first kappa shape index (κ1) is 21.1. The van der Waals surface area contributed by atoms with Gasteiger partial charge in [-0.3, -0.25) is 4.90 Å². The fraction of sp³-hybridized carbons (Fsp3) is 0.240. The highest BCUT2D eigenvalue weighted by molar-refractivity contribution is 6.06. The summed E-state index contributed by atoms with van der Waals surface area (Å²) in [5.41, 5.74) is 14.2. The summed E-state index contributed by atoms with van der Waals surface area (Å²) >= 11 is 0. The lowest BCUT2D eigenvalue weighted by molar-refractivity contribution is 0.305. The SMILES string of the molecule is NC1=NC2(CCCCC2)N(c2ccc3cc(-n4ncc(-c5ccccc5)n4)c(=O)oc3c2)C(N)=N1. The second-order valence-corrected chi connectivity index (χ2v) is 8.85. The smallest absolute Gasteiger partial charge is 0.364 e. The van der Waals surface area contributed by atoms with Crippen molar-refractivity contribution in [3.63, 3.8) is 0 Å². The van der Waals surface area contributed by atoms with Gasteiger partial charge < -0.3 is 15.9 Å². The first-order chi connectivity index (χ1) is 17.0. The first-order valence-electron chi connectivity index (χ1n) is 11.6. The van der Waals surface area contributed by atoms with Crippen LogP contribution in [0.15, 0.2) is 80.0 Å². The maximum Gasteiger partial charge on any atom is 0.364 e. The van der Waals surface area contributed by atoms with Gasteiger partial charge in [0.25, 0.3) is 0 Å². The van der Waals surface area contributed by atoms with Gasteiger partial charge in [-0.15, -0.1) is 9.90 Å². The Morgan fingerprint density at radius 2 is 1.77 bits per heavy atom. The van der Waals surface area contributed by atoms with E-state index in [0.29, 0.717) is 11.3 Å². The van der Waals surface area contributed by atoms with Gasteiger partial charge in [-0.1, -0.05) is 36.8 Å². The quantitative estimate of drug-likeness (QED) is 0.440. The van der Waals surface area contributed by atoms with Crippen LogP contribution in [0.4, 0.5) is 5.69 Å². The lowest BCUT2D eigenvalue weighted by atomic mass is 9.87. The molecule has 176 valence electrons. The van der Waals surface area contributed by atoms with Gasteiger partial charge in [0.05, 0.1) is 11.9 Å². The fourth-order valence-electron chi connectivity index (χ4n) is 4.98. The van der Waals surface area contributed by atoms with E-state index in [0.717, 1.165) is 48.7 Å². The Morgan fingerprint density at radius 3 is 2.57 bits per heavy atom. The molecule has 1 spiro atoms. The third kappa shape index (κ3) is 3.63. The average molecular weight is 469 g/mol. The molecule has 0 bridgehead atoms. The minimum absolute atomic E-state index is 0.194. The van der Waals surface area contributed by atoms with E-state index in [1.807, 2.05) is 47.4 Å². The summed E-state index contributed by atoms with van der Waals surface area (Å²) < 4.78 is 5.70. The molecule has 2 aliphatic rings. The molecule has 0 unspecified atom stereocenters. The van der Waals surface area contributed by atoms with Gasteiger partial charge in [0.1, 0.15) is 16.9 Å². The molecule has 4 N–H and O–H groups in total. The predicted molar refractivity (Wildman–Crippen MR) is 134 cm³/mol. The van der Waals surface area contributed by atoms with E-state index in [9.17, 15) is 4.79 Å². The maximum absolute atomic E-state index is 12.9. The lowest BCUT2D eigenvalue weighted by Gasteiger charge is -2.45. The molecule has 2 aromatic carbocycles. The van der Waals surface area contributed by atoms with Gasteiger partial charge in [0, 0.05) is 17.0 Å². The molecular formula is C25H24N8O2. The zero-order valence-corrected chi connectivity index (χ0v) is 19.0. The molecule has 1 aliphatic heterocycles. The molecule has 1 aliphatic carbocycles. The fourth-order valence-corrected chi connectivity index (χ4v) is 4.98. The standard InChI is InChI=1S/C25H24N8O2/c26-23-29-24(27)32(25(30-23)11-5-2-6-12-25)18-10-9-17-13-20(22(34)35-21(17)14-18)33-28-15-19(31-33)16-7-3-1-4-8-16/h1,3-4,7-10,13-15H,2,5-6,11-12H2,(H4,26,27,29,30). The van der Waals surface area contributed by atoms with Crippen LogP contribution >= 0.6 is 0 Å². The number of rotatable bonds is 3. The van der Waals surface area contributed by atoms with E-state index >= 15 is 0 Å². The summed E-state index contributed by atoms with van der Waals surface area (Å²) in [7, 11) is 0. The highest BCUT2D eigenvalue weighted by Gasteiger charge is 2.42. The summed E-state index contributed by atoms with van der Waals surface area (Å²) in [6.45, 7) is 0. The molecule has 2 aromatic heterocycles. The molecule has 35 heavy (non-hydrogen) atoms. The Bertz CT molecular complexity index is 1530. The second kappa shape index (κ2) is 8.08. The van der Waals surface area contributed by atoms with Gasteiger partial charge >= 0.3 is 5.63 Å². The Morgan fingerprint density at radius 1 is 0.971 bits per heavy atom. The molecule has 0 atom stereocenters. The molecule has 4 aromatic rings. The number of hydrogen-bond acceptors (Lipinski definition) is 9. The van der Waals surface area contributed by atoms with Gasteiger partial charge in [0.2, 0.25) is 11.9 Å². The number of nitrogens with two attached hydrogens (primary N) is 2. The van der Waals surface area contributed by atoms with Crippen molar-refractivity contribution in [2.45, 2.75) is 37.8 Å². The van der Waals surface area contributed by atoms with Crippen LogP contribution in [0, 0.1) is 0 Å². The van der Waals surface area contributed by atoms with Crippen LogP contribution in [-0.2, 0) is 0 Å². The average Bonchev–Trinajstić information content (AvgIpc) is 3.34. The molecular weight excluding hydrogens is 444 g/mol. The van der Waals surface area contributed by atoms with Crippen molar-refractivity contribution >= 4 is 28.6 Å². The molecule has 1 saturated carbocycles. The highest BCUT2D eigenvalue weighted by atomic mass is 16.4. The van der Waals surface area contributed by atoms with Gasteiger partial charge in [-0.2, -0.15) is 10.1 Å². The monoisotopic (exact) mass is 468 g/mol. The van der Waals surface area contributed by atoms with Crippen LogP contribution in [0.1, 0.15) is 32.1 Å². The molecule has 10 nitrogen and oxygen atoms in total. The van der Waals surface area contributed by atoms with E-state index in [1.165, 1.54) is 4.80 Å². The number of fused-ring (bicyclic) bond motifs is 1. The third-order valence-electron chi connectivity index (χ3n) is 6.59.